The first-order valence-corrected chi connectivity index (χ1v) is 7.55. The van der Waals surface area contributed by atoms with Gasteiger partial charge in [-0.2, -0.15) is 0 Å². The van der Waals surface area contributed by atoms with Crippen LogP contribution >= 0.6 is 15.9 Å². The first kappa shape index (κ1) is 15.3. The van der Waals surface area contributed by atoms with E-state index in [4.69, 9.17) is 9.15 Å². The fourth-order valence-electron chi connectivity index (χ4n) is 1.79. The van der Waals surface area contributed by atoms with Gasteiger partial charge in [-0.15, -0.1) is 0 Å². The van der Waals surface area contributed by atoms with Gasteiger partial charge in [-0.3, -0.25) is 0 Å². The van der Waals surface area contributed by atoms with E-state index in [9.17, 15) is 0 Å². The van der Waals surface area contributed by atoms with Crippen molar-refractivity contribution in [1.82, 2.24) is 5.32 Å². The van der Waals surface area contributed by atoms with Gasteiger partial charge in [-0.1, -0.05) is 48.0 Å². The first-order valence-electron chi connectivity index (χ1n) is 6.76. The van der Waals surface area contributed by atoms with Gasteiger partial charge < -0.3 is 14.5 Å². The number of furan rings is 1. The molecular formula is C16H20BrNO2. The molecule has 0 aliphatic heterocycles. The Morgan fingerprint density at radius 1 is 1.25 bits per heavy atom. The molecule has 1 N–H and O–H groups in total. The minimum absolute atomic E-state index is 0.472. The van der Waals surface area contributed by atoms with E-state index >= 15 is 0 Å². The van der Waals surface area contributed by atoms with Crippen molar-refractivity contribution in [2.24, 2.45) is 0 Å². The Balaban J connectivity index is 1.78. The van der Waals surface area contributed by atoms with Crippen LogP contribution in [0.2, 0.25) is 0 Å². The average Bonchev–Trinajstić information content (AvgIpc) is 2.87. The van der Waals surface area contributed by atoms with Crippen LogP contribution in [0.3, 0.4) is 0 Å². The van der Waals surface area contributed by atoms with Crippen molar-refractivity contribution in [3.05, 3.63) is 58.0 Å². The summed E-state index contributed by atoms with van der Waals surface area (Å²) in [5, 5.41) is 3.36. The monoisotopic (exact) mass is 337 g/mol. The van der Waals surface area contributed by atoms with Crippen molar-refractivity contribution in [3.8, 4) is 0 Å². The van der Waals surface area contributed by atoms with Gasteiger partial charge in [0.25, 0.3) is 0 Å². The van der Waals surface area contributed by atoms with Crippen LogP contribution in [0.4, 0.5) is 0 Å². The number of ether oxygens (including phenoxy) is 1. The fourth-order valence-corrected chi connectivity index (χ4v) is 2.19. The van der Waals surface area contributed by atoms with Crippen molar-refractivity contribution >= 4 is 15.9 Å². The van der Waals surface area contributed by atoms with Gasteiger partial charge in [-0.25, -0.2) is 0 Å². The van der Waals surface area contributed by atoms with Crippen molar-refractivity contribution in [1.29, 1.82) is 0 Å². The molecule has 0 spiro atoms. The largest absolute Gasteiger partial charge is 0.467 e. The highest BCUT2D eigenvalue weighted by atomic mass is 79.9. The molecule has 108 valence electrons. The molecule has 20 heavy (non-hydrogen) atoms. The highest BCUT2D eigenvalue weighted by Crippen LogP contribution is 2.17. The van der Waals surface area contributed by atoms with E-state index in [1.165, 1.54) is 0 Å². The van der Waals surface area contributed by atoms with Gasteiger partial charge >= 0.3 is 0 Å². The predicted octanol–water partition coefficient (Wildman–Crippen LogP) is 4.26. The lowest BCUT2D eigenvalue weighted by atomic mass is 10.2. The third-order valence-electron chi connectivity index (χ3n) is 2.88. The molecule has 2 rings (SSSR count). The molecule has 1 aromatic carbocycles. The summed E-state index contributed by atoms with van der Waals surface area (Å²) in [6, 6.07) is 10.6. The highest BCUT2D eigenvalue weighted by Gasteiger charge is 2.04. The van der Waals surface area contributed by atoms with Gasteiger partial charge in [-0.05, 0) is 17.7 Å². The highest BCUT2D eigenvalue weighted by molar-refractivity contribution is 9.10. The zero-order valence-electron chi connectivity index (χ0n) is 11.9. The van der Waals surface area contributed by atoms with Crippen molar-refractivity contribution < 1.29 is 9.15 Å². The predicted molar refractivity (Wildman–Crippen MR) is 83.3 cm³/mol. The van der Waals surface area contributed by atoms with E-state index in [1.54, 1.807) is 6.26 Å². The molecule has 0 saturated carbocycles. The number of benzene rings is 1. The molecule has 0 radical (unpaired) electrons. The van der Waals surface area contributed by atoms with Gasteiger partial charge in [0.2, 0.25) is 0 Å². The molecule has 0 saturated heterocycles. The van der Waals surface area contributed by atoms with Crippen LogP contribution in [0.5, 0.6) is 0 Å². The molecule has 0 aliphatic rings. The van der Waals surface area contributed by atoms with E-state index in [0.717, 1.165) is 27.9 Å². The summed E-state index contributed by atoms with van der Waals surface area (Å²) in [7, 11) is 0. The maximum atomic E-state index is 5.68. The molecule has 4 heteroatoms. The molecule has 0 amide bonds. The van der Waals surface area contributed by atoms with E-state index in [0.29, 0.717) is 19.3 Å². The van der Waals surface area contributed by atoms with Crippen LogP contribution in [-0.4, -0.2) is 6.04 Å². The van der Waals surface area contributed by atoms with Gasteiger partial charge in [0.05, 0.1) is 12.9 Å². The molecule has 0 unspecified atom stereocenters. The van der Waals surface area contributed by atoms with E-state index in [-0.39, 0.29) is 0 Å². The molecule has 2 aromatic rings. The number of rotatable bonds is 7. The second kappa shape index (κ2) is 7.62. The summed E-state index contributed by atoms with van der Waals surface area (Å²) in [4.78, 5) is 0. The average molecular weight is 338 g/mol. The van der Waals surface area contributed by atoms with E-state index in [1.807, 2.05) is 30.3 Å². The van der Waals surface area contributed by atoms with Gasteiger partial charge in [0.1, 0.15) is 12.4 Å². The van der Waals surface area contributed by atoms with Crippen molar-refractivity contribution in [2.75, 3.05) is 0 Å². The maximum absolute atomic E-state index is 5.68. The lowest BCUT2D eigenvalue weighted by Gasteiger charge is -2.05. The Morgan fingerprint density at radius 3 is 2.80 bits per heavy atom. The molecule has 1 aromatic heterocycles. The van der Waals surface area contributed by atoms with E-state index < -0.39 is 0 Å². The number of halogens is 1. The van der Waals surface area contributed by atoms with Crippen LogP contribution in [0.25, 0.3) is 0 Å². The zero-order valence-corrected chi connectivity index (χ0v) is 13.4. The normalized spacial score (nSPS) is 11.2. The van der Waals surface area contributed by atoms with Crippen LogP contribution in [-0.2, 0) is 24.5 Å². The van der Waals surface area contributed by atoms with Crippen molar-refractivity contribution in [2.45, 2.75) is 39.6 Å². The summed E-state index contributed by atoms with van der Waals surface area (Å²) in [5.41, 5.74) is 2.29. The number of hydrogen-bond acceptors (Lipinski definition) is 3. The summed E-state index contributed by atoms with van der Waals surface area (Å²) >= 11 is 3.51. The molecule has 0 bridgehead atoms. The fraction of sp³-hybridized carbons (Fsp3) is 0.375. The van der Waals surface area contributed by atoms with Crippen molar-refractivity contribution in [3.63, 3.8) is 0 Å². The molecular weight excluding hydrogens is 318 g/mol. The molecule has 0 atom stereocenters. The smallest absolute Gasteiger partial charge is 0.129 e. The zero-order chi connectivity index (χ0) is 14.4. The first-order chi connectivity index (χ1) is 9.65. The lowest BCUT2D eigenvalue weighted by Crippen LogP contribution is -2.21. The van der Waals surface area contributed by atoms with Crippen LogP contribution in [0, 0.1) is 0 Å². The summed E-state index contributed by atoms with van der Waals surface area (Å²) < 4.78 is 12.2. The Hall–Kier alpha value is -1.10. The molecule has 0 fully saturated rings. The quantitative estimate of drug-likeness (QED) is 0.819. The second-order valence-electron chi connectivity index (χ2n) is 5.04. The third-order valence-corrected chi connectivity index (χ3v) is 3.66. The minimum atomic E-state index is 0.472. The third kappa shape index (κ3) is 4.78. The van der Waals surface area contributed by atoms with Gasteiger partial charge in [0, 0.05) is 22.6 Å². The topological polar surface area (TPSA) is 34.4 Å². The Bertz CT molecular complexity index is 537. The molecule has 1 heterocycles. The summed E-state index contributed by atoms with van der Waals surface area (Å²) in [6.07, 6.45) is 1.78. The van der Waals surface area contributed by atoms with Crippen LogP contribution < -0.4 is 5.32 Å². The standard InChI is InChI=1S/C16H20BrNO2/c1-12(2)18-8-13-7-15(20-9-13)11-19-10-14-5-3-4-6-16(14)17/h3-7,9,12,18H,8,10-11H2,1-2H3. The Kier molecular flexibility index (Phi) is 5.83. The Morgan fingerprint density at radius 2 is 2.05 bits per heavy atom. The second-order valence-corrected chi connectivity index (χ2v) is 5.90. The lowest BCUT2D eigenvalue weighted by molar-refractivity contribution is 0.0926. The number of nitrogens with one attached hydrogen (secondary N) is 1. The Labute approximate surface area is 128 Å². The molecule has 3 nitrogen and oxygen atoms in total. The number of hydrogen-bond donors (Lipinski definition) is 1. The maximum Gasteiger partial charge on any atom is 0.129 e. The van der Waals surface area contributed by atoms with Gasteiger partial charge in [0.15, 0.2) is 0 Å². The van der Waals surface area contributed by atoms with Crippen LogP contribution in [0.15, 0.2) is 45.5 Å². The van der Waals surface area contributed by atoms with E-state index in [2.05, 4.69) is 35.1 Å². The van der Waals surface area contributed by atoms with Crippen LogP contribution in [0.1, 0.15) is 30.7 Å². The molecule has 0 aliphatic carbocycles. The SMILES string of the molecule is CC(C)NCc1coc(COCc2ccccc2Br)c1. The summed E-state index contributed by atoms with van der Waals surface area (Å²) in [5.74, 6) is 0.859. The minimum Gasteiger partial charge on any atom is -0.467 e. The summed E-state index contributed by atoms with van der Waals surface area (Å²) in [6.45, 7) is 6.14.